The number of carbonyl (C=O) groups excluding carboxylic acids is 4. The van der Waals surface area contributed by atoms with Crippen molar-refractivity contribution < 1.29 is 38.9 Å². The molecule has 3 amide bonds. The number of phenols is 1. The third-order valence-corrected chi connectivity index (χ3v) is 9.65. The van der Waals surface area contributed by atoms with Gasteiger partial charge in [0, 0.05) is 50.7 Å². The van der Waals surface area contributed by atoms with Crippen LogP contribution in [0.5, 0.6) is 5.75 Å². The average Bonchev–Trinajstić information content (AvgIpc) is 3.54. The van der Waals surface area contributed by atoms with Gasteiger partial charge in [-0.05, 0) is 62.4 Å². The summed E-state index contributed by atoms with van der Waals surface area (Å²) in [5.41, 5.74) is 0.968. The number of carbonyl (C=O) groups is 5. The van der Waals surface area contributed by atoms with E-state index in [2.05, 4.69) is 20.9 Å². The summed E-state index contributed by atoms with van der Waals surface area (Å²) in [5.74, 6) is -2.93. The number of nitrogens with zero attached hydrogens (tertiary/aromatic N) is 2. The number of hydrogen-bond donors (Lipinski definition) is 5. The second kappa shape index (κ2) is 20.6. The van der Waals surface area contributed by atoms with Gasteiger partial charge >= 0.3 is 11.9 Å². The molecular formula is C36H55N5O8S. The summed E-state index contributed by atoms with van der Waals surface area (Å²) in [5, 5.41) is 30.5. The second-order valence-electron chi connectivity index (χ2n) is 13.4. The number of aromatic hydroxyl groups is 1. The molecule has 278 valence electrons. The molecule has 0 radical (unpaired) electrons. The van der Waals surface area contributed by atoms with E-state index in [0.29, 0.717) is 36.4 Å². The van der Waals surface area contributed by atoms with Crippen molar-refractivity contribution in [3.05, 3.63) is 39.8 Å². The zero-order chi connectivity index (χ0) is 37.5. The predicted octanol–water partition coefficient (Wildman–Crippen LogP) is 5.15. The number of carboxylic acid groups (broad SMARTS) is 1. The number of aromatic nitrogens is 1. The monoisotopic (exact) mass is 717 g/mol. The first-order valence-electron chi connectivity index (χ1n) is 17.2. The van der Waals surface area contributed by atoms with Gasteiger partial charge in [-0.3, -0.25) is 24.0 Å². The Morgan fingerprint density at radius 2 is 1.78 bits per heavy atom. The van der Waals surface area contributed by atoms with Crippen molar-refractivity contribution in [3.63, 3.8) is 0 Å². The van der Waals surface area contributed by atoms with Crippen molar-refractivity contribution >= 4 is 46.7 Å². The summed E-state index contributed by atoms with van der Waals surface area (Å²) in [6.45, 7) is 11.6. The Hall–Kier alpha value is -4.04. The van der Waals surface area contributed by atoms with Crippen LogP contribution in [0.25, 0.3) is 0 Å². The van der Waals surface area contributed by atoms with E-state index in [1.807, 2.05) is 27.7 Å². The van der Waals surface area contributed by atoms with E-state index in [1.165, 1.54) is 13.0 Å². The molecule has 13 nitrogen and oxygen atoms in total. The van der Waals surface area contributed by atoms with E-state index in [9.17, 15) is 34.2 Å². The molecule has 0 saturated heterocycles. The highest BCUT2D eigenvalue weighted by molar-refractivity contribution is 7.09. The van der Waals surface area contributed by atoms with Crippen molar-refractivity contribution in [1.29, 1.82) is 0 Å². The number of aliphatic carboxylic acids is 1. The summed E-state index contributed by atoms with van der Waals surface area (Å²) in [7, 11) is 3.55. The first kappa shape index (κ1) is 42.1. The molecule has 0 bridgehead atoms. The fourth-order valence-electron chi connectivity index (χ4n) is 5.52. The van der Waals surface area contributed by atoms with Crippen LogP contribution in [0.15, 0.2) is 23.6 Å². The van der Waals surface area contributed by atoms with Crippen LogP contribution in [0.3, 0.4) is 0 Å². The van der Waals surface area contributed by atoms with Gasteiger partial charge in [-0.25, -0.2) is 4.98 Å². The second-order valence-corrected chi connectivity index (χ2v) is 14.3. The van der Waals surface area contributed by atoms with Crippen molar-refractivity contribution in [2.75, 3.05) is 26.0 Å². The molecular weight excluding hydrogens is 662 g/mol. The Morgan fingerprint density at radius 3 is 2.38 bits per heavy atom. The molecule has 1 heterocycles. The molecule has 0 aliphatic heterocycles. The summed E-state index contributed by atoms with van der Waals surface area (Å²) in [6.07, 6.45) is 2.00. The number of carboxylic acids is 1. The zero-order valence-electron chi connectivity index (χ0n) is 30.6. The van der Waals surface area contributed by atoms with Gasteiger partial charge in [-0.2, -0.15) is 0 Å². The largest absolute Gasteiger partial charge is 0.506 e. The third kappa shape index (κ3) is 13.7. The van der Waals surface area contributed by atoms with E-state index in [-0.39, 0.29) is 66.1 Å². The molecule has 0 spiro atoms. The molecule has 14 heteroatoms. The average molecular weight is 718 g/mol. The van der Waals surface area contributed by atoms with Crippen LogP contribution in [-0.4, -0.2) is 82.5 Å². The molecule has 2 rings (SSSR count). The van der Waals surface area contributed by atoms with Crippen molar-refractivity contribution in [3.8, 4) is 5.75 Å². The van der Waals surface area contributed by atoms with Gasteiger partial charge in [0.25, 0.3) is 5.91 Å². The first-order chi connectivity index (χ1) is 23.6. The van der Waals surface area contributed by atoms with E-state index in [4.69, 9.17) is 4.74 Å². The standard InChI is InChI=1S/C36H55N5O8S/c1-9-22(4)15-33(45)41(8)29(21(2)3)19-31(49-24(6)42)35-40-28(20-50-35)34(46)38-26(16-23(5)36(47)48)17-25-12-13-30(43)27(18-25)39-32(44)11-10-14-37-7/h12-13,18,20-23,26,29,31,37,43H,9-11,14-17,19H2,1-8H3,(H,38,46)(H,39,44)(H,47,48)/t22-,23-,26+,29?,31+/m0/s1. The molecule has 1 aromatic carbocycles. The van der Waals surface area contributed by atoms with Crippen LogP contribution in [0.2, 0.25) is 0 Å². The van der Waals surface area contributed by atoms with Crippen LogP contribution >= 0.6 is 11.3 Å². The van der Waals surface area contributed by atoms with Crippen molar-refractivity contribution in [2.24, 2.45) is 17.8 Å². The minimum absolute atomic E-state index is 0.00752. The Balaban J connectivity index is 2.29. The molecule has 1 aromatic heterocycles. The lowest BCUT2D eigenvalue weighted by Gasteiger charge is -2.34. The van der Waals surface area contributed by atoms with Crippen LogP contribution in [0.4, 0.5) is 5.69 Å². The molecule has 5 N–H and O–H groups in total. The number of phenolic OH excluding ortho intramolecular Hbond substituents is 1. The van der Waals surface area contributed by atoms with E-state index >= 15 is 0 Å². The highest BCUT2D eigenvalue weighted by Crippen LogP contribution is 2.31. The number of hydrogen-bond acceptors (Lipinski definition) is 10. The molecule has 2 aromatic rings. The molecule has 1 unspecified atom stereocenters. The highest BCUT2D eigenvalue weighted by Gasteiger charge is 2.31. The van der Waals surface area contributed by atoms with Gasteiger partial charge in [0.2, 0.25) is 11.8 Å². The molecule has 0 saturated carbocycles. The highest BCUT2D eigenvalue weighted by atomic mass is 32.1. The quantitative estimate of drug-likeness (QED) is 0.0657. The summed E-state index contributed by atoms with van der Waals surface area (Å²) < 4.78 is 5.68. The summed E-state index contributed by atoms with van der Waals surface area (Å²) in [4.78, 5) is 69.1. The van der Waals surface area contributed by atoms with Gasteiger partial charge in [0.15, 0.2) is 6.10 Å². The molecule has 0 fully saturated rings. The lowest BCUT2D eigenvalue weighted by molar-refractivity contribution is -0.148. The van der Waals surface area contributed by atoms with Crippen molar-refractivity contribution in [1.82, 2.24) is 20.5 Å². The number of nitrogens with one attached hydrogen (secondary N) is 3. The molecule has 0 aliphatic carbocycles. The fourth-order valence-corrected chi connectivity index (χ4v) is 6.36. The Labute approximate surface area is 299 Å². The summed E-state index contributed by atoms with van der Waals surface area (Å²) in [6, 6.07) is 3.81. The van der Waals surface area contributed by atoms with E-state index in [0.717, 1.165) is 17.8 Å². The number of anilines is 1. The van der Waals surface area contributed by atoms with Gasteiger partial charge in [-0.1, -0.05) is 47.1 Å². The number of esters is 1. The van der Waals surface area contributed by atoms with Crippen LogP contribution in [0, 0.1) is 17.8 Å². The smallest absolute Gasteiger partial charge is 0.306 e. The fraction of sp³-hybridized carbons (Fsp3) is 0.611. The van der Waals surface area contributed by atoms with Gasteiger partial charge in [-0.15, -0.1) is 11.3 Å². The maximum absolute atomic E-state index is 13.5. The summed E-state index contributed by atoms with van der Waals surface area (Å²) >= 11 is 1.16. The van der Waals surface area contributed by atoms with E-state index in [1.54, 1.807) is 43.4 Å². The number of ether oxygens (including phenoxy) is 1. The number of rotatable bonds is 21. The Bertz CT molecular complexity index is 1450. The number of thiazole rings is 1. The lowest BCUT2D eigenvalue weighted by Crippen LogP contribution is -2.42. The van der Waals surface area contributed by atoms with Gasteiger partial charge in [0.05, 0.1) is 11.6 Å². The van der Waals surface area contributed by atoms with Crippen LogP contribution in [-0.2, 0) is 30.3 Å². The number of amides is 3. The van der Waals surface area contributed by atoms with Gasteiger partial charge in [0.1, 0.15) is 16.5 Å². The molecule has 5 atom stereocenters. The third-order valence-electron chi connectivity index (χ3n) is 8.72. The maximum Gasteiger partial charge on any atom is 0.306 e. The minimum atomic E-state index is -1.02. The predicted molar refractivity (Wildman–Crippen MR) is 193 cm³/mol. The maximum atomic E-state index is 13.5. The minimum Gasteiger partial charge on any atom is -0.506 e. The first-order valence-corrected chi connectivity index (χ1v) is 18.1. The molecule has 50 heavy (non-hydrogen) atoms. The zero-order valence-corrected chi connectivity index (χ0v) is 31.4. The molecule has 0 aliphatic rings. The van der Waals surface area contributed by atoms with Gasteiger partial charge < -0.3 is 35.8 Å². The number of benzene rings is 1. The van der Waals surface area contributed by atoms with Crippen molar-refractivity contribution in [2.45, 2.75) is 105 Å². The van der Waals surface area contributed by atoms with E-state index < -0.39 is 35.9 Å². The normalized spacial score (nSPS) is 14.3. The van der Waals surface area contributed by atoms with Crippen LogP contribution in [0.1, 0.15) is 107 Å². The Morgan fingerprint density at radius 1 is 1.08 bits per heavy atom. The lowest BCUT2D eigenvalue weighted by atomic mass is 9.95. The topological polar surface area (TPSA) is 187 Å². The SMILES string of the molecule is CC[C@H](C)CC(=O)N(C)C(C[C@@H](OC(C)=O)c1nc(C(=O)N[C@@H](Cc2ccc(O)c(NC(=O)CCCNC)c2)C[C@H](C)C(=O)O)cs1)C(C)C. The van der Waals surface area contributed by atoms with Crippen LogP contribution < -0.4 is 16.0 Å². The Kier molecular flexibility index (Phi) is 17.3.